The van der Waals surface area contributed by atoms with Gasteiger partial charge in [0.2, 0.25) is 0 Å². The molecule has 1 atom stereocenters. The smallest absolute Gasteiger partial charge is 0.341 e. The lowest BCUT2D eigenvalue weighted by Crippen LogP contribution is -2.08. The van der Waals surface area contributed by atoms with E-state index in [1.165, 1.54) is 14.0 Å². The van der Waals surface area contributed by atoms with Crippen LogP contribution in [0.25, 0.3) is 11.0 Å². The average molecular weight is 378 g/mol. The van der Waals surface area contributed by atoms with Crippen molar-refractivity contribution in [2.24, 2.45) is 0 Å². The van der Waals surface area contributed by atoms with Gasteiger partial charge in [-0.3, -0.25) is 9.19 Å². The Morgan fingerprint density at radius 1 is 1.42 bits per heavy atom. The molecule has 2 N–H and O–H groups in total. The highest BCUT2D eigenvalue weighted by Gasteiger charge is 2.20. The zero-order chi connectivity index (χ0) is 21.3. The fourth-order valence-electron chi connectivity index (χ4n) is 2.45. The summed E-state index contributed by atoms with van der Waals surface area (Å²) in [5.41, 5.74) is 1.29. The third-order valence-corrected chi connectivity index (χ3v) is 5.01. The molecular weight excluding hydrogens is 358 g/mol. The molecule has 0 aliphatic carbocycles. The van der Waals surface area contributed by atoms with Gasteiger partial charge >= 0.3 is 5.97 Å². The Bertz CT molecular complexity index is 1110. The second-order valence-electron chi connectivity index (χ2n) is 5.39. The lowest BCUT2D eigenvalue weighted by atomic mass is 10.1. The predicted molar refractivity (Wildman–Crippen MR) is 95.2 cm³/mol. The fraction of sp³-hybridized carbons (Fsp3) is 0.235. The Labute approximate surface area is 155 Å². The molecule has 136 valence electrons. The van der Waals surface area contributed by atoms with E-state index in [0.29, 0.717) is 16.8 Å². The van der Waals surface area contributed by atoms with Crippen molar-refractivity contribution in [3.05, 3.63) is 41.2 Å². The van der Waals surface area contributed by atoms with Gasteiger partial charge in [0.1, 0.15) is 17.1 Å². The minimum absolute atomic E-state index is 0.111. The summed E-state index contributed by atoms with van der Waals surface area (Å²) >= 11 is 0. The molecule has 2 aromatic heterocycles. The number of carbonyl (C=O) groups is 1. The molecule has 0 radical (unpaired) electrons. The second-order valence-corrected chi connectivity index (χ2v) is 6.76. The van der Waals surface area contributed by atoms with Crippen LogP contribution in [0.2, 0.25) is 0 Å². The molecule has 0 amide bonds. The van der Waals surface area contributed by atoms with Crippen molar-refractivity contribution in [2.75, 3.05) is 14.1 Å². The predicted octanol–water partition coefficient (Wildman–Crippen LogP) is 2.29. The number of benzene rings is 1. The third kappa shape index (κ3) is 3.25. The number of ether oxygens (including phenoxy) is 2. The van der Waals surface area contributed by atoms with Crippen molar-refractivity contribution in [1.29, 1.82) is 0 Å². The second kappa shape index (κ2) is 7.12. The van der Waals surface area contributed by atoms with Gasteiger partial charge in [-0.25, -0.2) is 9.78 Å². The summed E-state index contributed by atoms with van der Waals surface area (Å²) in [6, 6.07) is 5.17. The number of hydrogen-bond acceptors (Lipinski definition) is 6. The highest BCUT2D eigenvalue weighted by Crippen LogP contribution is 2.27. The number of rotatable bonds is 6. The maximum Gasteiger partial charge on any atom is 0.341 e. The van der Waals surface area contributed by atoms with Gasteiger partial charge in [0, 0.05) is 17.8 Å². The number of fused-ring (bicyclic) bond motifs is 1. The van der Waals surface area contributed by atoms with Gasteiger partial charge < -0.3 is 19.6 Å². The number of nitrogens with one attached hydrogen (secondary N) is 1. The number of imidazole rings is 1. The van der Waals surface area contributed by atoms with E-state index >= 15 is 0 Å². The summed E-state index contributed by atoms with van der Waals surface area (Å²) in [6.45, 7) is 1.47. The Morgan fingerprint density at radius 3 is 2.92 bits per heavy atom. The minimum atomic E-state index is -2.84. The number of methoxy groups -OCH3 is 2. The van der Waals surface area contributed by atoms with Crippen LogP contribution in [0.5, 0.6) is 11.5 Å². The van der Waals surface area contributed by atoms with Crippen LogP contribution >= 0.6 is 0 Å². The topological polar surface area (TPSA) is 114 Å². The summed E-state index contributed by atoms with van der Waals surface area (Å²) in [5.74, 6) is -1.20. The lowest BCUT2D eigenvalue weighted by molar-refractivity contribution is 0.0692. The maximum atomic E-state index is 12.8. The number of H-pyrrole nitrogens is 1. The molecule has 9 heteroatoms. The summed E-state index contributed by atoms with van der Waals surface area (Å²) in [7, 11) is -2.96. The number of carboxylic acids is 1. The standard InChI is InChI=1S/C17H17N3O5S/c1-9-14(18-7-11(16(21)22)15(9)25-3)8-26(23)17-19-12-5-4-10(24-2)6-13(12)20-17/h4-7H,8H2,1-3H3,(H,19,20)(H,21,22)/i3D3. The van der Waals surface area contributed by atoms with Gasteiger partial charge in [0.05, 0.1) is 51.5 Å². The molecule has 2 heterocycles. The zero-order valence-corrected chi connectivity index (χ0v) is 14.7. The number of carboxylic acid groups (broad SMARTS) is 1. The van der Waals surface area contributed by atoms with Crippen LogP contribution in [-0.4, -0.2) is 44.4 Å². The molecule has 0 aliphatic rings. The Balaban J connectivity index is 1.94. The van der Waals surface area contributed by atoms with Crippen molar-refractivity contribution >= 4 is 27.8 Å². The van der Waals surface area contributed by atoms with Gasteiger partial charge in [-0.1, -0.05) is 0 Å². The number of pyridine rings is 1. The third-order valence-electron chi connectivity index (χ3n) is 3.85. The van der Waals surface area contributed by atoms with Gasteiger partial charge in [-0.05, 0) is 19.1 Å². The first kappa shape index (κ1) is 14.3. The molecule has 0 aliphatic heterocycles. The average Bonchev–Trinajstić information content (AvgIpc) is 3.07. The van der Waals surface area contributed by atoms with Crippen molar-refractivity contribution < 1.29 is 27.7 Å². The molecule has 0 saturated heterocycles. The summed E-state index contributed by atoms with van der Waals surface area (Å²) in [4.78, 5) is 22.7. The largest absolute Gasteiger partial charge is 0.497 e. The van der Waals surface area contributed by atoms with E-state index in [4.69, 9.17) is 13.6 Å². The summed E-state index contributed by atoms with van der Waals surface area (Å²) < 4.78 is 44.6. The van der Waals surface area contributed by atoms with E-state index < -0.39 is 23.8 Å². The van der Waals surface area contributed by atoms with E-state index in [2.05, 4.69) is 15.0 Å². The van der Waals surface area contributed by atoms with Crippen LogP contribution < -0.4 is 9.47 Å². The Kier molecular flexibility index (Phi) is 3.91. The number of aromatic amines is 1. The van der Waals surface area contributed by atoms with Crippen LogP contribution in [0.3, 0.4) is 0 Å². The Morgan fingerprint density at radius 2 is 2.23 bits per heavy atom. The molecule has 1 aromatic carbocycles. The van der Waals surface area contributed by atoms with E-state index in [1.807, 2.05) is 0 Å². The van der Waals surface area contributed by atoms with Crippen molar-refractivity contribution in [3.8, 4) is 11.5 Å². The van der Waals surface area contributed by atoms with E-state index in [9.17, 15) is 14.1 Å². The quantitative estimate of drug-likeness (QED) is 0.676. The lowest BCUT2D eigenvalue weighted by Gasteiger charge is -2.11. The maximum absolute atomic E-state index is 12.8. The first-order valence-electron chi connectivity index (χ1n) is 8.92. The van der Waals surface area contributed by atoms with E-state index in [0.717, 1.165) is 6.20 Å². The number of nitrogens with zero attached hydrogens (tertiary/aromatic N) is 2. The Hall–Kier alpha value is -2.94. The van der Waals surface area contributed by atoms with Gasteiger partial charge in [0.15, 0.2) is 5.16 Å². The molecule has 0 bridgehead atoms. The molecule has 0 fully saturated rings. The van der Waals surface area contributed by atoms with Crippen molar-refractivity contribution in [3.63, 3.8) is 0 Å². The summed E-state index contributed by atoms with van der Waals surface area (Å²) in [5, 5.41) is 9.48. The van der Waals surface area contributed by atoms with Crippen LogP contribution in [0, 0.1) is 6.92 Å². The first-order valence-corrected chi connectivity index (χ1v) is 8.74. The van der Waals surface area contributed by atoms with Crippen LogP contribution in [-0.2, 0) is 16.6 Å². The van der Waals surface area contributed by atoms with E-state index in [-0.39, 0.29) is 33.5 Å². The summed E-state index contributed by atoms with van der Waals surface area (Å²) in [6.07, 6.45) is 0.993. The van der Waals surface area contributed by atoms with E-state index in [1.54, 1.807) is 18.2 Å². The molecule has 3 aromatic rings. The van der Waals surface area contributed by atoms with Crippen molar-refractivity contribution in [1.82, 2.24) is 15.0 Å². The van der Waals surface area contributed by atoms with Crippen LogP contribution in [0.4, 0.5) is 0 Å². The highest BCUT2D eigenvalue weighted by atomic mass is 32.2. The van der Waals surface area contributed by atoms with Gasteiger partial charge in [-0.2, -0.15) is 0 Å². The number of aromatic nitrogens is 3. The molecule has 0 saturated carbocycles. The normalized spacial score (nSPS) is 14.3. The monoisotopic (exact) mass is 378 g/mol. The molecular formula is C17H17N3O5S. The highest BCUT2D eigenvalue weighted by molar-refractivity contribution is 7.84. The first-order chi connectivity index (χ1) is 13.6. The molecule has 3 rings (SSSR count). The minimum Gasteiger partial charge on any atom is -0.497 e. The van der Waals surface area contributed by atoms with Gasteiger partial charge in [-0.15, -0.1) is 0 Å². The van der Waals surface area contributed by atoms with Gasteiger partial charge in [0.25, 0.3) is 0 Å². The molecule has 8 nitrogen and oxygen atoms in total. The molecule has 1 unspecified atom stereocenters. The van der Waals surface area contributed by atoms with Crippen LogP contribution in [0.15, 0.2) is 29.6 Å². The van der Waals surface area contributed by atoms with Crippen LogP contribution in [0.1, 0.15) is 25.7 Å². The molecule has 26 heavy (non-hydrogen) atoms. The number of hydrogen-bond donors (Lipinski definition) is 2. The van der Waals surface area contributed by atoms with Crippen molar-refractivity contribution in [2.45, 2.75) is 17.8 Å². The molecule has 0 spiro atoms. The fourth-order valence-corrected chi connectivity index (χ4v) is 3.55. The SMILES string of the molecule is [2H]C([2H])([2H])Oc1c(C(=O)O)cnc(CS(=O)c2nc3ccc(OC)cc3[nH]2)c1C. The number of aromatic carboxylic acids is 1. The zero-order valence-electron chi connectivity index (χ0n) is 16.9.